The van der Waals surface area contributed by atoms with Crippen molar-refractivity contribution in [2.75, 3.05) is 19.6 Å². The molecule has 0 unspecified atom stereocenters. The van der Waals surface area contributed by atoms with E-state index in [4.69, 9.17) is 0 Å². The molecule has 2 atom stereocenters. The highest BCUT2D eigenvalue weighted by atomic mass is 15.3. The van der Waals surface area contributed by atoms with Crippen molar-refractivity contribution in [3.63, 3.8) is 0 Å². The van der Waals surface area contributed by atoms with Crippen molar-refractivity contribution in [1.82, 2.24) is 19.8 Å². The van der Waals surface area contributed by atoms with Crippen LogP contribution < -0.4 is 0 Å². The third kappa shape index (κ3) is 4.13. The summed E-state index contributed by atoms with van der Waals surface area (Å²) < 4.78 is 0. The molecule has 3 aliphatic rings. The largest absolute Gasteiger partial charge is 0.297 e. The van der Waals surface area contributed by atoms with E-state index in [1.807, 2.05) is 12.4 Å². The first-order valence-corrected chi connectivity index (χ1v) is 9.98. The molecule has 3 aliphatic heterocycles. The molecular weight excluding hydrogens is 320 g/mol. The predicted molar refractivity (Wildman–Crippen MR) is 105 cm³/mol. The number of fused-ring (bicyclic) bond motifs is 4. The summed E-state index contributed by atoms with van der Waals surface area (Å²) in [6, 6.07) is 11.6. The fourth-order valence-electron chi connectivity index (χ4n) is 4.42. The lowest BCUT2D eigenvalue weighted by atomic mass is 9.94. The number of hydrogen-bond donors (Lipinski definition) is 0. The van der Waals surface area contributed by atoms with Crippen molar-refractivity contribution in [2.45, 2.75) is 51.7 Å². The van der Waals surface area contributed by atoms with Crippen molar-refractivity contribution in [1.29, 1.82) is 0 Å². The fourth-order valence-corrected chi connectivity index (χ4v) is 4.42. The van der Waals surface area contributed by atoms with E-state index in [1.54, 1.807) is 0 Å². The van der Waals surface area contributed by atoms with Gasteiger partial charge in [0.25, 0.3) is 0 Å². The van der Waals surface area contributed by atoms with E-state index in [2.05, 4.69) is 63.9 Å². The highest BCUT2D eigenvalue weighted by Gasteiger charge is 2.34. The number of rotatable bonds is 5. The van der Waals surface area contributed by atoms with Gasteiger partial charge >= 0.3 is 0 Å². The van der Waals surface area contributed by atoms with Gasteiger partial charge in [0.15, 0.2) is 0 Å². The maximum atomic E-state index is 4.54. The first-order valence-electron chi connectivity index (χ1n) is 9.98. The van der Waals surface area contributed by atoms with E-state index >= 15 is 0 Å². The van der Waals surface area contributed by atoms with E-state index in [0.717, 1.165) is 31.4 Å². The van der Waals surface area contributed by atoms with Crippen LogP contribution in [0.5, 0.6) is 0 Å². The predicted octanol–water partition coefficient (Wildman–Crippen LogP) is 3.70. The summed E-state index contributed by atoms with van der Waals surface area (Å²) in [5.74, 6) is 2.12. The number of nitrogens with zero attached hydrogens (tertiary/aromatic N) is 4. The molecule has 4 heteroatoms. The van der Waals surface area contributed by atoms with Crippen molar-refractivity contribution in [3.8, 4) is 0 Å². The molecule has 3 saturated heterocycles. The van der Waals surface area contributed by atoms with Gasteiger partial charge in [0.05, 0.1) is 0 Å². The maximum absolute atomic E-state index is 4.54. The summed E-state index contributed by atoms with van der Waals surface area (Å²) in [4.78, 5) is 14.4. The van der Waals surface area contributed by atoms with Crippen LogP contribution in [0.25, 0.3) is 0 Å². The highest BCUT2D eigenvalue weighted by molar-refractivity contribution is 5.15. The van der Waals surface area contributed by atoms with Crippen LogP contribution >= 0.6 is 0 Å². The minimum Gasteiger partial charge on any atom is -0.297 e. The second-order valence-corrected chi connectivity index (χ2v) is 8.31. The van der Waals surface area contributed by atoms with Gasteiger partial charge in [-0.25, -0.2) is 9.97 Å². The summed E-state index contributed by atoms with van der Waals surface area (Å²) in [5, 5.41) is 0. The molecule has 4 nitrogen and oxygen atoms in total. The average molecular weight is 351 g/mol. The minimum atomic E-state index is 0.393. The molecule has 26 heavy (non-hydrogen) atoms. The molecule has 2 aromatic rings. The molecule has 4 heterocycles. The summed E-state index contributed by atoms with van der Waals surface area (Å²) in [6.07, 6.45) is 6.75. The average Bonchev–Trinajstić information content (AvgIpc) is 2.93. The Labute approximate surface area is 157 Å². The first kappa shape index (κ1) is 17.6. The van der Waals surface area contributed by atoms with Gasteiger partial charge in [-0.2, -0.15) is 0 Å². The van der Waals surface area contributed by atoms with Gasteiger partial charge in [-0.1, -0.05) is 44.2 Å². The Kier molecular flexibility index (Phi) is 5.32. The number of piperidine rings is 1. The number of benzene rings is 1. The van der Waals surface area contributed by atoms with Gasteiger partial charge in [-0.3, -0.25) is 9.80 Å². The molecule has 0 N–H and O–H groups in total. The summed E-state index contributed by atoms with van der Waals surface area (Å²) in [5.41, 5.74) is 2.68. The van der Waals surface area contributed by atoms with Gasteiger partial charge in [-0.05, 0) is 24.3 Å². The van der Waals surface area contributed by atoms with Gasteiger partial charge in [-0.15, -0.1) is 0 Å². The van der Waals surface area contributed by atoms with Crippen molar-refractivity contribution in [2.24, 2.45) is 5.92 Å². The SMILES string of the molecule is CC(C)c1ncc(CN2C[C@H]3CC[C@@H](C2)N(Cc2ccccc2)C3)cn1. The van der Waals surface area contributed by atoms with E-state index in [-0.39, 0.29) is 0 Å². The number of hydrogen-bond acceptors (Lipinski definition) is 4. The van der Waals surface area contributed by atoms with Crippen LogP contribution in [0.15, 0.2) is 42.7 Å². The van der Waals surface area contributed by atoms with Crippen molar-refractivity contribution < 1.29 is 0 Å². The van der Waals surface area contributed by atoms with Crippen LogP contribution in [0.3, 0.4) is 0 Å². The van der Waals surface area contributed by atoms with Crippen molar-refractivity contribution >= 4 is 0 Å². The minimum absolute atomic E-state index is 0.393. The van der Waals surface area contributed by atoms with Crippen molar-refractivity contribution in [3.05, 3.63) is 59.7 Å². The quantitative estimate of drug-likeness (QED) is 0.823. The molecule has 0 radical (unpaired) electrons. The zero-order valence-corrected chi connectivity index (χ0v) is 16.0. The van der Waals surface area contributed by atoms with E-state index in [9.17, 15) is 0 Å². The second-order valence-electron chi connectivity index (χ2n) is 8.31. The Balaban J connectivity index is 1.41. The lowest BCUT2D eigenvalue weighted by Gasteiger charge is -2.36. The van der Waals surface area contributed by atoms with E-state index < -0.39 is 0 Å². The van der Waals surface area contributed by atoms with Crippen LogP contribution in [-0.2, 0) is 13.1 Å². The molecular formula is C22H30N4. The van der Waals surface area contributed by atoms with E-state index in [1.165, 1.54) is 37.1 Å². The summed E-state index contributed by atoms with van der Waals surface area (Å²) >= 11 is 0. The molecule has 0 aliphatic carbocycles. The molecule has 1 aromatic carbocycles. The lowest BCUT2D eigenvalue weighted by molar-refractivity contribution is 0.123. The molecule has 0 amide bonds. The van der Waals surface area contributed by atoms with Crippen LogP contribution in [0.1, 0.15) is 49.6 Å². The van der Waals surface area contributed by atoms with Crippen LogP contribution in [-0.4, -0.2) is 45.4 Å². The monoisotopic (exact) mass is 350 g/mol. The van der Waals surface area contributed by atoms with E-state index in [0.29, 0.717) is 12.0 Å². The normalized spacial score (nSPS) is 24.1. The molecule has 0 saturated carbocycles. The third-order valence-corrected chi connectivity index (χ3v) is 5.78. The molecule has 2 bridgehead atoms. The Morgan fingerprint density at radius 3 is 2.42 bits per heavy atom. The topological polar surface area (TPSA) is 32.3 Å². The second kappa shape index (κ2) is 7.85. The zero-order valence-electron chi connectivity index (χ0n) is 16.0. The van der Waals surface area contributed by atoms with Gasteiger partial charge in [0.1, 0.15) is 5.82 Å². The molecule has 0 spiro atoms. The smallest absolute Gasteiger partial charge is 0.130 e. The van der Waals surface area contributed by atoms with Crippen LogP contribution in [0.4, 0.5) is 0 Å². The third-order valence-electron chi connectivity index (χ3n) is 5.78. The fraction of sp³-hybridized carbons (Fsp3) is 0.545. The maximum Gasteiger partial charge on any atom is 0.130 e. The first-order chi connectivity index (χ1) is 12.7. The molecule has 138 valence electrons. The van der Waals surface area contributed by atoms with Gasteiger partial charge < -0.3 is 0 Å². The Hall–Kier alpha value is -1.78. The van der Waals surface area contributed by atoms with Gasteiger partial charge in [0.2, 0.25) is 0 Å². The molecule has 3 fully saturated rings. The Bertz CT molecular complexity index is 698. The highest BCUT2D eigenvalue weighted by Crippen LogP contribution is 2.29. The van der Waals surface area contributed by atoms with Gasteiger partial charge in [0, 0.05) is 62.6 Å². The summed E-state index contributed by atoms with van der Waals surface area (Å²) in [7, 11) is 0. The standard InChI is InChI=1S/C22H30N4/c1-17(2)22-23-10-20(11-24-22)13-25-12-19-8-9-21(16-25)26(15-19)14-18-6-4-3-5-7-18/h3-7,10-11,17,19,21H,8-9,12-16H2,1-2H3/t19-,21+/m1/s1. The molecule has 1 aromatic heterocycles. The Morgan fingerprint density at radius 2 is 1.69 bits per heavy atom. The zero-order chi connectivity index (χ0) is 17.9. The Morgan fingerprint density at radius 1 is 0.923 bits per heavy atom. The van der Waals surface area contributed by atoms with Crippen LogP contribution in [0.2, 0.25) is 0 Å². The van der Waals surface area contributed by atoms with Crippen LogP contribution in [0, 0.1) is 5.92 Å². The lowest BCUT2D eigenvalue weighted by Crippen LogP contribution is -2.43. The number of aromatic nitrogens is 2. The summed E-state index contributed by atoms with van der Waals surface area (Å²) in [6.45, 7) is 9.94. The molecule has 5 rings (SSSR count).